The van der Waals surface area contributed by atoms with Crippen molar-refractivity contribution >= 4 is 11.6 Å². The second kappa shape index (κ2) is 4.63. The van der Waals surface area contributed by atoms with Crippen molar-refractivity contribution in [1.29, 1.82) is 0 Å². The third-order valence-corrected chi connectivity index (χ3v) is 2.92. The molecule has 0 bridgehead atoms. The first-order valence-corrected chi connectivity index (χ1v) is 5.91. The van der Waals surface area contributed by atoms with E-state index in [9.17, 15) is 4.79 Å². The molecule has 1 fully saturated rings. The van der Waals surface area contributed by atoms with E-state index in [0.717, 1.165) is 11.3 Å². The maximum atomic E-state index is 11.9. The molecule has 1 amide bonds. The van der Waals surface area contributed by atoms with E-state index in [4.69, 9.17) is 4.74 Å². The summed E-state index contributed by atoms with van der Waals surface area (Å²) in [5, 5.41) is 2.84. The van der Waals surface area contributed by atoms with Crippen molar-refractivity contribution < 1.29 is 9.53 Å². The highest BCUT2D eigenvalue weighted by molar-refractivity contribution is 5.96. The fraction of sp³-hybridized carbons (Fsp3) is 0.133. The van der Waals surface area contributed by atoms with Gasteiger partial charge in [0.25, 0.3) is 5.91 Å². The monoisotopic (exact) mass is 239 g/mol. The predicted octanol–water partition coefficient (Wildman–Crippen LogP) is 2.77. The van der Waals surface area contributed by atoms with Crippen molar-refractivity contribution in [2.75, 3.05) is 5.32 Å². The van der Waals surface area contributed by atoms with Crippen molar-refractivity contribution in [3.05, 3.63) is 66.2 Å². The van der Waals surface area contributed by atoms with Gasteiger partial charge in [-0.2, -0.15) is 0 Å². The summed E-state index contributed by atoms with van der Waals surface area (Å²) in [6, 6.07) is 19.2. The number of carbonyl (C=O) groups excluding carboxylic acids is 1. The van der Waals surface area contributed by atoms with Gasteiger partial charge in [-0.15, -0.1) is 0 Å². The van der Waals surface area contributed by atoms with E-state index in [0.29, 0.717) is 0 Å². The molecule has 2 atom stereocenters. The Labute approximate surface area is 105 Å². The van der Waals surface area contributed by atoms with Crippen molar-refractivity contribution in [3.63, 3.8) is 0 Å². The minimum atomic E-state index is -0.368. The van der Waals surface area contributed by atoms with Crippen LogP contribution in [0.25, 0.3) is 0 Å². The zero-order chi connectivity index (χ0) is 12.4. The molecule has 3 nitrogen and oxygen atoms in total. The number of amides is 1. The molecule has 1 heterocycles. The summed E-state index contributed by atoms with van der Waals surface area (Å²) in [4.78, 5) is 11.9. The van der Waals surface area contributed by atoms with Crippen LogP contribution in [0.4, 0.5) is 5.69 Å². The number of carbonyl (C=O) groups is 1. The molecule has 90 valence electrons. The van der Waals surface area contributed by atoms with Crippen LogP contribution in [-0.2, 0) is 9.53 Å². The van der Waals surface area contributed by atoms with Gasteiger partial charge < -0.3 is 10.1 Å². The van der Waals surface area contributed by atoms with Gasteiger partial charge in [0.1, 0.15) is 6.10 Å². The molecule has 3 rings (SSSR count). The molecule has 0 spiro atoms. The number of epoxide rings is 1. The summed E-state index contributed by atoms with van der Waals surface area (Å²) in [7, 11) is 0. The number of hydrogen-bond donors (Lipinski definition) is 1. The van der Waals surface area contributed by atoms with E-state index < -0.39 is 0 Å². The minimum absolute atomic E-state index is 0.0879. The molecule has 0 aromatic heterocycles. The molecule has 0 saturated carbocycles. The molecular weight excluding hydrogens is 226 g/mol. The number of benzene rings is 2. The van der Waals surface area contributed by atoms with Crippen LogP contribution in [-0.4, -0.2) is 12.0 Å². The lowest BCUT2D eigenvalue weighted by molar-refractivity contribution is -0.117. The molecule has 1 saturated heterocycles. The summed E-state index contributed by atoms with van der Waals surface area (Å²) < 4.78 is 5.42. The average molecular weight is 239 g/mol. The van der Waals surface area contributed by atoms with Gasteiger partial charge in [0, 0.05) is 5.69 Å². The number of hydrogen-bond acceptors (Lipinski definition) is 2. The van der Waals surface area contributed by atoms with Crippen LogP contribution in [0.3, 0.4) is 0 Å². The third kappa shape index (κ3) is 2.26. The number of para-hydroxylation sites is 1. The Kier molecular flexibility index (Phi) is 2.82. The lowest BCUT2D eigenvalue weighted by atomic mass is 10.1. The van der Waals surface area contributed by atoms with Crippen molar-refractivity contribution in [2.45, 2.75) is 12.2 Å². The number of rotatable bonds is 3. The van der Waals surface area contributed by atoms with Gasteiger partial charge in [-0.05, 0) is 17.7 Å². The standard InChI is InChI=1S/C15H13NO2/c17-15(16-12-9-5-2-6-10-12)14-13(18-14)11-7-3-1-4-8-11/h1-10,13-14H,(H,16,17)/t13-,14-/m0/s1. The Balaban J connectivity index is 1.63. The molecule has 1 aliphatic rings. The van der Waals surface area contributed by atoms with E-state index in [1.54, 1.807) is 0 Å². The highest BCUT2D eigenvalue weighted by Gasteiger charge is 2.45. The molecule has 18 heavy (non-hydrogen) atoms. The normalized spacial score (nSPS) is 21.3. The van der Waals surface area contributed by atoms with Gasteiger partial charge in [0.05, 0.1) is 0 Å². The quantitative estimate of drug-likeness (QED) is 0.837. The zero-order valence-corrected chi connectivity index (χ0v) is 9.74. The predicted molar refractivity (Wildman–Crippen MR) is 69.1 cm³/mol. The number of nitrogens with one attached hydrogen (secondary N) is 1. The molecule has 2 aromatic carbocycles. The lowest BCUT2D eigenvalue weighted by Crippen LogP contribution is -2.18. The maximum Gasteiger partial charge on any atom is 0.256 e. The summed E-state index contributed by atoms with van der Waals surface area (Å²) in [5.74, 6) is -0.0879. The van der Waals surface area contributed by atoms with Crippen molar-refractivity contribution in [1.82, 2.24) is 0 Å². The van der Waals surface area contributed by atoms with Crippen molar-refractivity contribution in [2.24, 2.45) is 0 Å². The van der Waals surface area contributed by atoms with Crippen LogP contribution >= 0.6 is 0 Å². The Morgan fingerprint density at radius 3 is 2.22 bits per heavy atom. The fourth-order valence-electron chi connectivity index (χ4n) is 1.94. The Bertz CT molecular complexity index is 539. The van der Waals surface area contributed by atoms with Crippen LogP contribution in [0.2, 0.25) is 0 Å². The first-order chi connectivity index (χ1) is 8.84. The first-order valence-electron chi connectivity index (χ1n) is 5.91. The fourth-order valence-corrected chi connectivity index (χ4v) is 1.94. The molecule has 0 unspecified atom stereocenters. The highest BCUT2D eigenvalue weighted by atomic mass is 16.6. The Morgan fingerprint density at radius 1 is 0.944 bits per heavy atom. The largest absolute Gasteiger partial charge is 0.354 e. The average Bonchev–Trinajstić information content (AvgIpc) is 3.21. The van der Waals surface area contributed by atoms with Gasteiger partial charge in [0.15, 0.2) is 6.10 Å². The molecule has 0 radical (unpaired) electrons. The molecule has 0 aliphatic carbocycles. The van der Waals surface area contributed by atoms with E-state index in [1.807, 2.05) is 60.7 Å². The smallest absolute Gasteiger partial charge is 0.256 e. The van der Waals surface area contributed by atoms with E-state index in [-0.39, 0.29) is 18.1 Å². The van der Waals surface area contributed by atoms with E-state index >= 15 is 0 Å². The highest BCUT2D eigenvalue weighted by Crippen LogP contribution is 2.39. The summed E-state index contributed by atoms with van der Waals surface area (Å²) in [6.07, 6.45) is -0.470. The van der Waals surface area contributed by atoms with Crippen molar-refractivity contribution in [3.8, 4) is 0 Å². The van der Waals surface area contributed by atoms with Gasteiger partial charge in [-0.1, -0.05) is 48.5 Å². The molecular formula is C15H13NO2. The van der Waals surface area contributed by atoms with Gasteiger partial charge >= 0.3 is 0 Å². The molecule has 1 N–H and O–H groups in total. The van der Waals surface area contributed by atoms with Crippen LogP contribution < -0.4 is 5.32 Å². The van der Waals surface area contributed by atoms with Gasteiger partial charge in [-0.3, -0.25) is 4.79 Å². The third-order valence-electron chi connectivity index (χ3n) is 2.92. The summed E-state index contributed by atoms with van der Waals surface area (Å²) >= 11 is 0. The Hall–Kier alpha value is -2.13. The summed E-state index contributed by atoms with van der Waals surface area (Å²) in [5.41, 5.74) is 1.84. The molecule has 1 aliphatic heterocycles. The topological polar surface area (TPSA) is 41.6 Å². The van der Waals surface area contributed by atoms with E-state index in [2.05, 4.69) is 5.32 Å². The zero-order valence-electron chi connectivity index (χ0n) is 9.74. The van der Waals surface area contributed by atoms with Crippen LogP contribution in [0, 0.1) is 0 Å². The lowest BCUT2D eigenvalue weighted by Gasteiger charge is -2.01. The van der Waals surface area contributed by atoms with Gasteiger partial charge in [-0.25, -0.2) is 0 Å². The Morgan fingerprint density at radius 2 is 1.56 bits per heavy atom. The minimum Gasteiger partial charge on any atom is -0.354 e. The maximum absolute atomic E-state index is 11.9. The van der Waals surface area contributed by atoms with Crippen LogP contribution in [0.5, 0.6) is 0 Å². The SMILES string of the molecule is O=C(Nc1ccccc1)[C@H]1O[C@H]1c1ccccc1. The van der Waals surface area contributed by atoms with Crippen LogP contribution in [0.1, 0.15) is 11.7 Å². The van der Waals surface area contributed by atoms with E-state index in [1.165, 1.54) is 0 Å². The summed E-state index contributed by atoms with van der Waals surface area (Å²) in [6.45, 7) is 0. The molecule has 2 aromatic rings. The number of anilines is 1. The van der Waals surface area contributed by atoms with Crippen LogP contribution in [0.15, 0.2) is 60.7 Å². The molecule has 3 heteroatoms. The number of ether oxygens (including phenoxy) is 1. The van der Waals surface area contributed by atoms with Gasteiger partial charge in [0.2, 0.25) is 0 Å². The second-order valence-corrected chi connectivity index (χ2v) is 4.24. The second-order valence-electron chi connectivity index (χ2n) is 4.24. The first kappa shape index (κ1) is 11.0.